The highest BCUT2D eigenvalue weighted by Gasteiger charge is 2.40. The molecule has 0 saturated heterocycles. The van der Waals surface area contributed by atoms with Gasteiger partial charge in [-0.3, -0.25) is 0 Å². The van der Waals surface area contributed by atoms with E-state index in [1.165, 1.54) is 11.1 Å². The van der Waals surface area contributed by atoms with E-state index in [0.717, 1.165) is 0 Å². The molecule has 0 bridgehead atoms. The van der Waals surface area contributed by atoms with Crippen LogP contribution in [0.3, 0.4) is 0 Å². The maximum absolute atomic E-state index is 3.97. The van der Waals surface area contributed by atoms with Crippen LogP contribution in [0, 0.1) is 10.8 Å². The van der Waals surface area contributed by atoms with E-state index in [9.17, 15) is 0 Å². The highest BCUT2D eigenvalue weighted by Crippen LogP contribution is 2.34. The van der Waals surface area contributed by atoms with Gasteiger partial charge in [-0.1, -0.05) is 102 Å². The minimum atomic E-state index is 0.115. The topological polar surface area (TPSA) is 24.1 Å². The molecule has 154 valence electrons. The van der Waals surface area contributed by atoms with Gasteiger partial charge in [0.1, 0.15) is 0 Å². The van der Waals surface area contributed by atoms with E-state index in [4.69, 9.17) is 0 Å². The lowest BCUT2D eigenvalue weighted by molar-refractivity contribution is 0.115. The van der Waals surface area contributed by atoms with Crippen molar-refractivity contribution in [2.75, 3.05) is 0 Å². The quantitative estimate of drug-likeness (QED) is 0.571. The highest BCUT2D eigenvalue weighted by atomic mass is 15.1. The average molecular weight is 381 g/mol. The maximum atomic E-state index is 3.97. The van der Waals surface area contributed by atoms with Crippen LogP contribution in [-0.2, 0) is 0 Å². The highest BCUT2D eigenvalue weighted by molar-refractivity contribution is 5.20. The Kier molecular flexibility index (Phi) is 7.47. The fraction of sp³-hybridized carbons (Fsp3) is 0.538. The van der Waals surface area contributed by atoms with Crippen LogP contribution in [-0.4, -0.2) is 12.1 Å². The normalized spacial score (nSPS) is 17.0. The molecule has 28 heavy (non-hydrogen) atoms. The van der Waals surface area contributed by atoms with Gasteiger partial charge in [0.25, 0.3) is 0 Å². The molecule has 2 aromatic carbocycles. The van der Waals surface area contributed by atoms with Crippen molar-refractivity contribution in [3.63, 3.8) is 0 Å². The first-order valence-corrected chi connectivity index (χ1v) is 10.6. The van der Waals surface area contributed by atoms with Gasteiger partial charge in [-0.2, -0.15) is 0 Å². The van der Waals surface area contributed by atoms with Crippen LogP contribution in [0.5, 0.6) is 0 Å². The molecule has 0 spiro atoms. The van der Waals surface area contributed by atoms with Crippen molar-refractivity contribution in [1.82, 2.24) is 10.6 Å². The molecule has 0 aliphatic carbocycles. The second kappa shape index (κ2) is 9.24. The third kappa shape index (κ3) is 6.18. The first-order valence-electron chi connectivity index (χ1n) is 10.6. The number of hydrogen-bond acceptors (Lipinski definition) is 2. The van der Waals surface area contributed by atoms with Crippen molar-refractivity contribution in [3.8, 4) is 0 Å². The van der Waals surface area contributed by atoms with Crippen LogP contribution in [0.25, 0.3) is 0 Å². The molecular formula is C26H40N2. The van der Waals surface area contributed by atoms with E-state index in [2.05, 4.69) is 127 Å². The van der Waals surface area contributed by atoms with Gasteiger partial charge in [-0.15, -0.1) is 0 Å². The minimum Gasteiger partial charge on any atom is -0.305 e. The molecule has 2 N–H and O–H groups in total. The van der Waals surface area contributed by atoms with Gasteiger partial charge < -0.3 is 10.6 Å². The van der Waals surface area contributed by atoms with Crippen molar-refractivity contribution in [2.24, 2.45) is 10.8 Å². The van der Waals surface area contributed by atoms with E-state index >= 15 is 0 Å². The average Bonchev–Trinajstić information content (AvgIpc) is 2.63. The van der Waals surface area contributed by atoms with E-state index in [1.54, 1.807) is 0 Å². The molecule has 0 fully saturated rings. The van der Waals surface area contributed by atoms with Crippen molar-refractivity contribution in [3.05, 3.63) is 71.8 Å². The lowest BCUT2D eigenvalue weighted by Crippen LogP contribution is -2.60. The molecule has 2 heteroatoms. The van der Waals surface area contributed by atoms with Crippen LogP contribution < -0.4 is 10.6 Å². The first kappa shape index (κ1) is 22.6. The van der Waals surface area contributed by atoms with E-state index in [-0.39, 0.29) is 10.8 Å². The van der Waals surface area contributed by atoms with Crippen molar-refractivity contribution in [1.29, 1.82) is 0 Å². The molecule has 0 aromatic heterocycles. The van der Waals surface area contributed by atoms with E-state index in [1.807, 2.05) is 0 Å². The molecule has 0 heterocycles. The first-order chi connectivity index (χ1) is 13.0. The Bertz CT molecular complexity index is 631. The van der Waals surface area contributed by atoms with Gasteiger partial charge in [-0.25, -0.2) is 0 Å². The molecule has 0 amide bonds. The largest absolute Gasteiger partial charge is 0.305 e. The summed E-state index contributed by atoms with van der Waals surface area (Å²) in [5.41, 5.74) is 2.90. The van der Waals surface area contributed by atoms with Gasteiger partial charge in [-0.05, 0) is 35.8 Å². The SMILES string of the molecule is C[C@H](N[C@@H]([C@H](N[C@@H](C)c1ccccc1)C(C)(C)C)C(C)(C)C)c1ccccc1. The Hall–Kier alpha value is -1.64. The van der Waals surface area contributed by atoms with Gasteiger partial charge in [0, 0.05) is 24.2 Å². The molecule has 0 radical (unpaired) electrons. The summed E-state index contributed by atoms with van der Waals surface area (Å²) in [6, 6.07) is 22.7. The van der Waals surface area contributed by atoms with Crippen molar-refractivity contribution < 1.29 is 0 Å². The molecule has 2 aromatic rings. The van der Waals surface area contributed by atoms with E-state index in [0.29, 0.717) is 24.2 Å². The second-order valence-corrected chi connectivity index (χ2v) is 10.3. The molecule has 0 aliphatic rings. The Morgan fingerprint density at radius 1 is 0.536 bits per heavy atom. The predicted molar refractivity (Wildman–Crippen MR) is 122 cm³/mol. The van der Waals surface area contributed by atoms with Gasteiger partial charge in [0.05, 0.1) is 0 Å². The molecular weight excluding hydrogens is 340 g/mol. The fourth-order valence-electron chi connectivity index (χ4n) is 3.91. The second-order valence-electron chi connectivity index (χ2n) is 10.3. The van der Waals surface area contributed by atoms with Crippen molar-refractivity contribution >= 4 is 0 Å². The predicted octanol–water partition coefficient (Wildman–Crippen LogP) is 6.52. The molecule has 0 saturated carbocycles. The molecule has 2 nitrogen and oxygen atoms in total. The van der Waals surface area contributed by atoms with Crippen LogP contribution in [0.1, 0.15) is 78.6 Å². The summed E-state index contributed by atoms with van der Waals surface area (Å²) < 4.78 is 0. The Labute approximate surface area is 173 Å². The summed E-state index contributed by atoms with van der Waals surface area (Å²) in [5, 5.41) is 7.95. The number of hydrogen-bond donors (Lipinski definition) is 2. The minimum absolute atomic E-state index is 0.115. The summed E-state index contributed by atoms with van der Waals surface area (Å²) in [7, 11) is 0. The Morgan fingerprint density at radius 3 is 1.07 bits per heavy atom. The monoisotopic (exact) mass is 380 g/mol. The Balaban J connectivity index is 2.30. The zero-order valence-corrected chi connectivity index (χ0v) is 19.1. The van der Waals surface area contributed by atoms with Gasteiger partial charge >= 0.3 is 0 Å². The number of benzene rings is 2. The third-order valence-electron chi connectivity index (χ3n) is 5.66. The van der Waals surface area contributed by atoms with Crippen molar-refractivity contribution in [2.45, 2.75) is 79.6 Å². The standard InChI is InChI=1S/C26H40N2/c1-19(21-15-11-9-12-16-21)27-23(25(3,4)5)24(26(6,7)8)28-20(2)22-17-13-10-14-18-22/h9-20,23-24,27-28H,1-8H3/t19-,20-,23-,24-/m0/s1. The van der Waals surface area contributed by atoms with Crippen LogP contribution in [0.2, 0.25) is 0 Å². The summed E-state index contributed by atoms with van der Waals surface area (Å²) in [5.74, 6) is 0. The lowest BCUT2D eigenvalue weighted by Gasteiger charge is -2.47. The zero-order valence-electron chi connectivity index (χ0n) is 19.1. The van der Waals surface area contributed by atoms with Gasteiger partial charge in [0.2, 0.25) is 0 Å². The van der Waals surface area contributed by atoms with Crippen LogP contribution in [0.4, 0.5) is 0 Å². The molecule has 2 rings (SSSR count). The molecule has 0 aliphatic heterocycles. The number of nitrogens with one attached hydrogen (secondary N) is 2. The van der Waals surface area contributed by atoms with Crippen LogP contribution in [0.15, 0.2) is 60.7 Å². The Morgan fingerprint density at radius 2 is 0.821 bits per heavy atom. The maximum Gasteiger partial charge on any atom is 0.0295 e. The zero-order chi connectivity index (χ0) is 20.9. The van der Waals surface area contributed by atoms with Gasteiger partial charge in [0.15, 0.2) is 0 Å². The smallest absolute Gasteiger partial charge is 0.0295 e. The van der Waals surface area contributed by atoms with Crippen LogP contribution >= 0.6 is 0 Å². The number of rotatable bonds is 7. The molecule has 4 atom stereocenters. The fourth-order valence-corrected chi connectivity index (χ4v) is 3.91. The summed E-state index contributed by atoms with van der Waals surface area (Å²) in [6.45, 7) is 18.6. The summed E-state index contributed by atoms with van der Waals surface area (Å²) in [4.78, 5) is 0. The summed E-state index contributed by atoms with van der Waals surface area (Å²) >= 11 is 0. The summed E-state index contributed by atoms with van der Waals surface area (Å²) in [6.07, 6.45) is 0. The molecule has 0 unspecified atom stereocenters. The van der Waals surface area contributed by atoms with E-state index < -0.39 is 0 Å². The lowest BCUT2D eigenvalue weighted by atomic mass is 9.72. The third-order valence-corrected chi connectivity index (χ3v) is 5.66.